The van der Waals surface area contributed by atoms with Gasteiger partial charge in [0.05, 0.1) is 5.69 Å². The Labute approximate surface area is 162 Å². The lowest BCUT2D eigenvalue weighted by molar-refractivity contribution is 0.368. The molecule has 2 aromatic heterocycles. The van der Waals surface area contributed by atoms with Gasteiger partial charge in [0.15, 0.2) is 11.8 Å². The van der Waals surface area contributed by atoms with E-state index in [1.54, 1.807) is 7.05 Å². The van der Waals surface area contributed by atoms with Gasteiger partial charge < -0.3 is 14.7 Å². The van der Waals surface area contributed by atoms with Crippen molar-refractivity contribution in [1.82, 2.24) is 30.1 Å². The molecule has 1 N–H and O–H groups in total. The summed E-state index contributed by atoms with van der Waals surface area (Å²) in [4.78, 5) is 10.9. The minimum Gasteiger partial charge on any atom is -0.356 e. The van der Waals surface area contributed by atoms with E-state index in [0.717, 1.165) is 43.4 Å². The average Bonchev–Trinajstić information content (AvgIpc) is 3.21. The SMILES string of the molecule is CN=C(NCCCc1nc(C(C)C)no1)N(C)Cc1cn(C)nc1C(C)C. The van der Waals surface area contributed by atoms with E-state index in [9.17, 15) is 0 Å². The molecule has 0 fully saturated rings. The zero-order valence-electron chi connectivity index (χ0n) is 17.7. The van der Waals surface area contributed by atoms with Crippen molar-refractivity contribution in [3.63, 3.8) is 0 Å². The first kappa shape index (κ1) is 20.9. The maximum atomic E-state index is 5.28. The number of nitrogens with zero attached hydrogens (tertiary/aromatic N) is 6. The number of aliphatic imine (C=N–C) groups is 1. The quantitative estimate of drug-likeness (QED) is 0.434. The van der Waals surface area contributed by atoms with Crippen LogP contribution >= 0.6 is 0 Å². The van der Waals surface area contributed by atoms with E-state index in [0.29, 0.717) is 11.8 Å². The Morgan fingerprint density at radius 1 is 1.30 bits per heavy atom. The normalized spacial score (nSPS) is 12.3. The van der Waals surface area contributed by atoms with Crippen molar-refractivity contribution in [2.75, 3.05) is 20.6 Å². The maximum absolute atomic E-state index is 5.28. The summed E-state index contributed by atoms with van der Waals surface area (Å²) in [7, 11) is 5.81. The van der Waals surface area contributed by atoms with Crippen molar-refractivity contribution in [2.24, 2.45) is 12.0 Å². The van der Waals surface area contributed by atoms with E-state index in [1.807, 2.05) is 18.8 Å². The molecular weight excluding hydrogens is 342 g/mol. The second-order valence-corrected chi connectivity index (χ2v) is 7.50. The van der Waals surface area contributed by atoms with Crippen LogP contribution in [0.15, 0.2) is 15.7 Å². The molecule has 0 aliphatic carbocycles. The molecule has 0 bridgehead atoms. The average molecular weight is 376 g/mol. The number of hydrogen-bond acceptors (Lipinski definition) is 5. The summed E-state index contributed by atoms with van der Waals surface area (Å²) in [6.45, 7) is 10.0. The number of aryl methyl sites for hydroxylation is 2. The van der Waals surface area contributed by atoms with Crippen LogP contribution in [0, 0.1) is 0 Å². The molecular formula is C19H33N7O. The summed E-state index contributed by atoms with van der Waals surface area (Å²) in [6, 6.07) is 0. The van der Waals surface area contributed by atoms with E-state index >= 15 is 0 Å². The van der Waals surface area contributed by atoms with Crippen LogP contribution in [0.25, 0.3) is 0 Å². The molecule has 0 aliphatic rings. The first-order chi connectivity index (χ1) is 12.8. The Kier molecular flexibility index (Phi) is 7.38. The molecule has 0 unspecified atom stereocenters. The minimum atomic E-state index is 0.288. The Hall–Kier alpha value is -2.38. The summed E-state index contributed by atoms with van der Waals surface area (Å²) in [5, 5.41) is 12.0. The molecule has 8 nitrogen and oxygen atoms in total. The van der Waals surface area contributed by atoms with Crippen LogP contribution in [0.2, 0.25) is 0 Å². The fraction of sp³-hybridized carbons (Fsp3) is 0.684. The van der Waals surface area contributed by atoms with Gasteiger partial charge in [-0.1, -0.05) is 32.9 Å². The zero-order chi connectivity index (χ0) is 20.0. The molecule has 2 rings (SSSR count). The smallest absolute Gasteiger partial charge is 0.226 e. The number of nitrogens with one attached hydrogen (secondary N) is 1. The number of aromatic nitrogens is 4. The third kappa shape index (κ3) is 5.80. The third-order valence-electron chi connectivity index (χ3n) is 4.32. The van der Waals surface area contributed by atoms with Crippen molar-refractivity contribution in [3.8, 4) is 0 Å². The van der Waals surface area contributed by atoms with Gasteiger partial charge in [-0.25, -0.2) is 0 Å². The molecule has 0 atom stereocenters. The van der Waals surface area contributed by atoms with Gasteiger partial charge in [-0.3, -0.25) is 9.67 Å². The molecule has 2 heterocycles. The highest BCUT2D eigenvalue weighted by Crippen LogP contribution is 2.18. The van der Waals surface area contributed by atoms with Gasteiger partial charge in [0, 0.05) is 58.3 Å². The number of guanidine groups is 1. The lowest BCUT2D eigenvalue weighted by atomic mass is 10.1. The van der Waals surface area contributed by atoms with Crippen LogP contribution in [-0.4, -0.2) is 51.4 Å². The Morgan fingerprint density at radius 2 is 2.04 bits per heavy atom. The van der Waals surface area contributed by atoms with Crippen molar-refractivity contribution in [1.29, 1.82) is 0 Å². The van der Waals surface area contributed by atoms with Crippen LogP contribution in [0.1, 0.15) is 68.9 Å². The minimum absolute atomic E-state index is 0.288. The molecule has 150 valence electrons. The Bertz CT molecular complexity index is 745. The molecule has 0 radical (unpaired) electrons. The second-order valence-electron chi connectivity index (χ2n) is 7.50. The van der Waals surface area contributed by atoms with Gasteiger partial charge in [0.25, 0.3) is 0 Å². The van der Waals surface area contributed by atoms with Crippen molar-refractivity contribution < 1.29 is 4.52 Å². The molecule has 0 aliphatic heterocycles. The van der Waals surface area contributed by atoms with Crippen LogP contribution in [0.3, 0.4) is 0 Å². The van der Waals surface area contributed by atoms with Gasteiger partial charge in [-0.15, -0.1) is 0 Å². The molecule has 2 aromatic rings. The number of hydrogen-bond donors (Lipinski definition) is 1. The highest BCUT2D eigenvalue weighted by atomic mass is 16.5. The van der Waals surface area contributed by atoms with Crippen LogP contribution in [0.5, 0.6) is 0 Å². The van der Waals surface area contributed by atoms with E-state index < -0.39 is 0 Å². The first-order valence-corrected chi connectivity index (χ1v) is 9.58. The molecule has 0 aromatic carbocycles. The van der Waals surface area contributed by atoms with Gasteiger partial charge >= 0.3 is 0 Å². The highest BCUT2D eigenvalue weighted by molar-refractivity contribution is 5.79. The van der Waals surface area contributed by atoms with E-state index in [-0.39, 0.29) is 5.92 Å². The van der Waals surface area contributed by atoms with Crippen LogP contribution < -0.4 is 5.32 Å². The van der Waals surface area contributed by atoms with Crippen LogP contribution in [0.4, 0.5) is 0 Å². The van der Waals surface area contributed by atoms with Gasteiger partial charge in [-0.2, -0.15) is 10.1 Å². The third-order valence-corrected chi connectivity index (χ3v) is 4.32. The molecule has 0 spiro atoms. The summed E-state index contributed by atoms with van der Waals surface area (Å²) in [6.07, 6.45) is 3.74. The van der Waals surface area contributed by atoms with Crippen molar-refractivity contribution >= 4 is 5.96 Å². The van der Waals surface area contributed by atoms with Crippen LogP contribution in [-0.2, 0) is 20.0 Å². The highest BCUT2D eigenvalue weighted by Gasteiger charge is 2.15. The van der Waals surface area contributed by atoms with Gasteiger partial charge in [0.1, 0.15) is 0 Å². The lowest BCUT2D eigenvalue weighted by Crippen LogP contribution is -2.39. The second kappa shape index (κ2) is 9.53. The summed E-state index contributed by atoms with van der Waals surface area (Å²) in [5.74, 6) is 3.01. The topological polar surface area (TPSA) is 84.4 Å². The predicted molar refractivity (Wildman–Crippen MR) is 107 cm³/mol. The predicted octanol–water partition coefficient (Wildman–Crippen LogP) is 2.69. The lowest BCUT2D eigenvalue weighted by Gasteiger charge is -2.22. The van der Waals surface area contributed by atoms with Gasteiger partial charge in [-0.05, 0) is 12.3 Å². The molecule has 0 saturated carbocycles. The number of rotatable bonds is 8. The summed E-state index contributed by atoms with van der Waals surface area (Å²) >= 11 is 0. The maximum Gasteiger partial charge on any atom is 0.226 e. The Morgan fingerprint density at radius 3 is 2.63 bits per heavy atom. The van der Waals surface area contributed by atoms with E-state index in [4.69, 9.17) is 4.52 Å². The zero-order valence-corrected chi connectivity index (χ0v) is 17.7. The fourth-order valence-electron chi connectivity index (χ4n) is 2.92. The largest absolute Gasteiger partial charge is 0.356 e. The van der Waals surface area contributed by atoms with Crippen molar-refractivity contribution in [3.05, 3.63) is 29.2 Å². The summed E-state index contributed by atoms with van der Waals surface area (Å²) < 4.78 is 7.16. The molecule has 0 amide bonds. The molecule has 27 heavy (non-hydrogen) atoms. The van der Waals surface area contributed by atoms with E-state index in [2.05, 4.69) is 64.3 Å². The standard InChI is InChI=1S/C19H33N7O/c1-13(2)17-15(12-26(7)23-17)11-25(6)19(20-5)21-10-8-9-16-22-18(14(3)4)24-27-16/h12-14H,8-11H2,1-7H3,(H,20,21). The van der Waals surface area contributed by atoms with Gasteiger partial charge in [0.2, 0.25) is 5.89 Å². The molecule has 8 heteroatoms. The Balaban J connectivity index is 1.84. The van der Waals surface area contributed by atoms with E-state index in [1.165, 1.54) is 5.56 Å². The first-order valence-electron chi connectivity index (χ1n) is 9.58. The molecule has 0 saturated heterocycles. The van der Waals surface area contributed by atoms with Crippen molar-refractivity contribution in [2.45, 2.75) is 58.9 Å². The fourth-order valence-corrected chi connectivity index (χ4v) is 2.92. The monoisotopic (exact) mass is 375 g/mol. The summed E-state index contributed by atoms with van der Waals surface area (Å²) in [5.41, 5.74) is 2.36.